The highest BCUT2D eigenvalue weighted by Crippen LogP contribution is 2.41. The standard InChI is InChI=1S/C15H12Br2Cl2O/c1-8-3-4-9(5-12(8)16)14(19)11-6-10(18)7-13(17)15(11)20-2/h3-7,14H,1-2H3. The molecular formula is C15H12Br2Cl2O. The van der Waals surface area contributed by atoms with E-state index in [2.05, 4.69) is 31.9 Å². The number of methoxy groups -OCH3 is 1. The molecule has 1 nitrogen and oxygen atoms in total. The van der Waals surface area contributed by atoms with Gasteiger partial charge in [-0.15, -0.1) is 11.6 Å². The van der Waals surface area contributed by atoms with Gasteiger partial charge in [-0.1, -0.05) is 39.7 Å². The molecule has 0 heterocycles. The maximum atomic E-state index is 6.60. The summed E-state index contributed by atoms with van der Waals surface area (Å²) in [6.07, 6.45) is 0. The van der Waals surface area contributed by atoms with E-state index in [1.807, 2.05) is 31.2 Å². The number of hydrogen-bond acceptors (Lipinski definition) is 1. The first kappa shape index (κ1) is 16.2. The van der Waals surface area contributed by atoms with E-state index in [9.17, 15) is 0 Å². The number of rotatable bonds is 3. The predicted molar refractivity (Wildman–Crippen MR) is 92.3 cm³/mol. The summed E-state index contributed by atoms with van der Waals surface area (Å²) in [6.45, 7) is 2.04. The van der Waals surface area contributed by atoms with Crippen LogP contribution in [0.4, 0.5) is 0 Å². The molecule has 0 aliphatic heterocycles. The molecule has 0 saturated heterocycles. The van der Waals surface area contributed by atoms with Gasteiger partial charge in [0.15, 0.2) is 0 Å². The minimum absolute atomic E-state index is 0.336. The minimum atomic E-state index is -0.336. The van der Waals surface area contributed by atoms with E-state index in [0.29, 0.717) is 10.8 Å². The SMILES string of the molecule is COc1c(Br)cc(Cl)cc1C(Cl)c1ccc(C)c(Br)c1. The number of benzene rings is 2. The van der Waals surface area contributed by atoms with Gasteiger partial charge in [-0.2, -0.15) is 0 Å². The molecular weight excluding hydrogens is 427 g/mol. The van der Waals surface area contributed by atoms with Crippen molar-refractivity contribution in [2.24, 2.45) is 0 Å². The number of halogens is 4. The topological polar surface area (TPSA) is 9.23 Å². The summed E-state index contributed by atoms with van der Waals surface area (Å²) in [4.78, 5) is 0. The van der Waals surface area contributed by atoms with E-state index < -0.39 is 0 Å². The first-order valence-electron chi connectivity index (χ1n) is 5.87. The van der Waals surface area contributed by atoms with Crippen LogP contribution in [-0.2, 0) is 0 Å². The smallest absolute Gasteiger partial charge is 0.138 e. The number of aryl methyl sites for hydroxylation is 1. The van der Waals surface area contributed by atoms with Gasteiger partial charge in [0.05, 0.1) is 17.0 Å². The van der Waals surface area contributed by atoms with Crippen molar-refractivity contribution in [1.29, 1.82) is 0 Å². The second-order valence-electron chi connectivity index (χ2n) is 4.38. The van der Waals surface area contributed by atoms with Crippen LogP contribution in [0.25, 0.3) is 0 Å². The van der Waals surface area contributed by atoms with E-state index >= 15 is 0 Å². The Morgan fingerprint density at radius 1 is 1.10 bits per heavy atom. The maximum absolute atomic E-state index is 6.60. The summed E-state index contributed by atoms with van der Waals surface area (Å²) in [5, 5.41) is 0.279. The highest BCUT2D eigenvalue weighted by Gasteiger charge is 2.19. The van der Waals surface area contributed by atoms with Crippen molar-refractivity contribution in [3.05, 3.63) is 61.0 Å². The molecule has 0 fully saturated rings. The molecule has 106 valence electrons. The van der Waals surface area contributed by atoms with E-state index in [1.165, 1.54) is 0 Å². The lowest BCUT2D eigenvalue weighted by atomic mass is 10.0. The van der Waals surface area contributed by atoms with Crippen molar-refractivity contribution in [3.63, 3.8) is 0 Å². The molecule has 2 aromatic carbocycles. The molecule has 0 aliphatic rings. The number of alkyl halides is 1. The molecule has 5 heteroatoms. The molecule has 1 atom stereocenters. The van der Waals surface area contributed by atoms with Gasteiger partial charge in [0.2, 0.25) is 0 Å². The van der Waals surface area contributed by atoms with Crippen molar-refractivity contribution in [2.75, 3.05) is 7.11 Å². The lowest BCUT2D eigenvalue weighted by Gasteiger charge is -2.17. The Bertz CT molecular complexity index is 644. The van der Waals surface area contributed by atoms with Gasteiger partial charge >= 0.3 is 0 Å². The summed E-state index contributed by atoms with van der Waals surface area (Å²) < 4.78 is 7.25. The molecule has 0 N–H and O–H groups in total. The minimum Gasteiger partial charge on any atom is -0.495 e. The fraction of sp³-hybridized carbons (Fsp3) is 0.200. The van der Waals surface area contributed by atoms with Crippen molar-refractivity contribution in [2.45, 2.75) is 12.3 Å². The Labute approximate surface area is 145 Å². The zero-order chi connectivity index (χ0) is 14.9. The van der Waals surface area contributed by atoms with Gasteiger partial charge < -0.3 is 4.74 Å². The summed E-state index contributed by atoms with van der Waals surface area (Å²) in [5.74, 6) is 0.700. The number of ether oxygens (including phenoxy) is 1. The monoisotopic (exact) mass is 436 g/mol. The third-order valence-corrected chi connectivity index (χ3v) is 5.15. The average molecular weight is 439 g/mol. The average Bonchev–Trinajstić information content (AvgIpc) is 2.40. The summed E-state index contributed by atoms with van der Waals surface area (Å²) in [5.41, 5.74) is 2.98. The fourth-order valence-electron chi connectivity index (χ4n) is 1.93. The van der Waals surface area contributed by atoms with E-state index in [0.717, 1.165) is 25.6 Å². The van der Waals surface area contributed by atoms with Crippen LogP contribution in [0.3, 0.4) is 0 Å². The fourth-order valence-corrected chi connectivity index (χ4v) is 3.62. The predicted octanol–water partition coefficient (Wildman–Crippen LogP) is 6.51. The Kier molecular flexibility index (Phi) is 5.41. The van der Waals surface area contributed by atoms with Crippen molar-refractivity contribution < 1.29 is 4.74 Å². The molecule has 0 spiro atoms. The van der Waals surface area contributed by atoms with Gasteiger partial charge in [-0.25, -0.2) is 0 Å². The Morgan fingerprint density at radius 2 is 1.80 bits per heavy atom. The van der Waals surface area contributed by atoms with Gasteiger partial charge in [-0.3, -0.25) is 0 Å². The van der Waals surface area contributed by atoms with E-state index in [-0.39, 0.29) is 5.38 Å². The molecule has 1 unspecified atom stereocenters. The number of hydrogen-bond donors (Lipinski definition) is 0. The first-order chi connectivity index (χ1) is 9.43. The normalized spacial score (nSPS) is 12.3. The molecule has 0 amide bonds. The molecule has 0 aromatic heterocycles. The van der Waals surface area contributed by atoms with Crippen molar-refractivity contribution >= 4 is 55.1 Å². The molecule has 0 radical (unpaired) electrons. The van der Waals surface area contributed by atoms with Crippen LogP contribution in [0, 0.1) is 6.92 Å². The summed E-state index contributed by atoms with van der Waals surface area (Å²) in [6, 6.07) is 9.67. The van der Waals surface area contributed by atoms with Crippen LogP contribution in [0.1, 0.15) is 22.1 Å². The van der Waals surface area contributed by atoms with Crippen LogP contribution >= 0.6 is 55.1 Å². The molecule has 20 heavy (non-hydrogen) atoms. The lowest BCUT2D eigenvalue weighted by molar-refractivity contribution is 0.407. The largest absolute Gasteiger partial charge is 0.495 e. The van der Waals surface area contributed by atoms with Gasteiger partial charge in [0.1, 0.15) is 5.75 Å². The second kappa shape index (κ2) is 6.69. The molecule has 0 bridgehead atoms. The Balaban J connectivity index is 2.52. The third kappa shape index (κ3) is 3.33. The lowest BCUT2D eigenvalue weighted by Crippen LogP contribution is -1.99. The third-order valence-electron chi connectivity index (χ3n) is 3.00. The molecule has 2 rings (SSSR count). The van der Waals surface area contributed by atoms with Gasteiger partial charge in [-0.05, 0) is 52.2 Å². The summed E-state index contributed by atoms with van der Waals surface area (Å²) >= 11 is 19.7. The van der Waals surface area contributed by atoms with E-state index in [1.54, 1.807) is 13.2 Å². The maximum Gasteiger partial charge on any atom is 0.138 e. The van der Waals surface area contributed by atoms with Crippen molar-refractivity contribution in [1.82, 2.24) is 0 Å². The van der Waals surface area contributed by atoms with Crippen LogP contribution in [0.15, 0.2) is 39.3 Å². The first-order valence-corrected chi connectivity index (χ1v) is 8.27. The van der Waals surface area contributed by atoms with Crippen LogP contribution in [0.2, 0.25) is 5.02 Å². The zero-order valence-corrected chi connectivity index (χ0v) is 15.6. The molecule has 0 saturated carbocycles. The van der Waals surface area contributed by atoms with Crippen LogP contribution < -0.4 is 4.74 Å². The van der Waals surface area contributed by atoms with Crippen LogP contribution in [-0.4, -0.2) is 7.11 Å². The van der Waals surface area contributed by atoms with Gasteiger partial charge in [0, 0.05) is 15.1 Å². The highest BCUT2D eigenvalue weighted by molar-refractivity contribution is 9.10. The second-order valence-corrected chi connectivity index (χ2v) is 6.96. The Morgan fingerprint density at radius 3 is 2.40 bits per heavy atom. The highest BCUT2D eigenvalue weighted by atomic mass is 79.9. The Hall–Kier alpha value is -0.220. The summed E-state index contributed by atoms with van der Waals surface area (Å²) in [7, 11) is 1.62. The van der Waals surface area contributed by atoms with Gasteiger partial charge in [0.25, 0.3) is 0 Å². The molecule has 0 aliphatic carbocycles. The quantitative estimate of drug-likeness (QED) is 0.496. The van der Waals surface area contributed by atoms with E-state index in [4.69, 9.17) is 27.9 Å². The zero-order valence-electron chi connectivity index (χ0n) is 10.9. The van der Waals surface area contributed by atoms with Crippen molar-refractivity contribution in [3.8, 4) is 5.75 Å². The van der Waals surface area contributed by atoms with Crippen LogP contribution in [0.5, 0.6) is 5.75 Å². The molecule has 2 aromatic rings.